The van der Waals surface area contributed by atoms with Gasteiger partial charge in [0.25, 0.3) is 0 Å². The Morgan fingerprint density at radius 3 is 2.38 bits per heavy atom. The van der Waals surface area contributed by atoms with Gasteiger partial charge in [-0.25, -0.2) is 0 Å². The van der Waals surface area contributed by atoms with Crippen LogP contribution in [0.2, 0.25) is 0 Å². The summed E-state index contributed by atoms with van der Waals surface area (Å²) in [6, 6.07) is 2.08. The molecule has 0 aromatic carbocycles. The van der Waals surface area contributed by atoms with Gasteiger partial charge in [-0.05, 0) is 29.9 Å². The number of rotatable bonds is 4. The molecule has 13 heavy (non-hydrogen) atoms. The van der Waals surface area contributed by atoms with E-state index in [0.717, 1.165) is 17.7 Å². The fourth-order valence-corrected chi connectivity index (χ4v) is 2.64. The Morgan fingerprint density at radius 1 is 1.38 bits per heavy atom. The number of hydrogen-bond acceptors (Lipinski definition) is 2. The SMILES string of the molecule is CCC(CC)C(O)c1sccc1C. The molecule has 0 saturated carbocycles. The largest absolute Gasteiger partial charge is 0.387 e. The average Bonchev–Trinajstić information content (AvgIpc) is 2.53. The van der Waals surface area contributed by atoms with Gasteiger partial charge in [0.1, 0.15) is 0 Å². The van der Waals surface area contributed by atoms with E-state index >= 15 is 0 Å². The zero-order valence-electron chi connectivity index (χ0n) is 8.58. The summed E-state index contributed by atoms with van der Waals surface area (Å²) in [6.45, 7) is 6.35. The Kier molecular flexibility index (Phi) is 3.94. The van der Waals surface area contributed by atoms with Gasteiger partial charge in [-0.2, -0.15) is 0 Å². The van der Waals surface area contributed by atoms with Crippen molar-refractivity contribution in [1.29, 1.82) is 0 Å². The Balaban J connectivity index is 2.77. The molecule has 74 valence electrons. The molecule has 0 radical (unpaired) electrons. The second-order valence-electron chi connectivity index (χ2n) is 3.49. The van der Waals surface area contributed by atoms with Gasteiger partial charge in [-0.15, -0.1) is 11.3 Å². The molecule has 1 nitrogen and oxygen atoms in total. The standard InChI is InChI=1S/C11H18OS/c1-4-9(5-2)10(12)11-8(3)6-7-13-11/h6-7,9-10,12H,4-5H2,1-3H3. The van der Waals surface area contributed by atoms with Gasteiger partial charge in [0.15, 0.2) is 0 Å². The van der Waals surface area contributed by atoms with Crippen LogP contribution in [0.5, 0.6) is 0 Å². The van der Waals surface area contributed by atoms with Crippen molar-refractivity contribution in [2.75, 3.05) is 0 Å². The number of aryl methyl sites for hydroxylation is 1. The van der Waals surface area contributed by atoms with Crippen molar-refractivity contribution < 1.29 is 5.11 Å². The molecule has 0 bridgehead atoms. The van der Waals surface area contributed by atoms with Gasteiger partial charge in [0.05, 0.1) is 6.10 Å². The lowest BCUT2D eigenvalue weighted by Gasteiger charge is -2.19. The second kappa shape index (κ2) is 4.77. The van der Waals surface area contributed by atoms with E-state index in [0.29, 0.717) is 5.92 Å². The summed E-state index contributed by atoms with van der Waals surface area (Å²) in [5, 5.41) is 12.1. The third kappa shape index (κ3) is 2.32. The summed E-state index contributed by atoms with van der Waals surface area (Å²) < 4.78 is 0. The molecule has 0 aliphatic heterocycles. The first-order valence-corrected chi connectivity index (χ1v) is 5.80. The molecular formula is C11H18OS. The van der Waals surface area contributed by atoms with Crippen LogP contribution in [0.1, 0.15) is 43.2 Å². The van der Waals surface area contributed by atoms with Crippen LogP contribution in [0.15, 0.2) is 11.4 Å². The highest BCUT2D eigenvalue weighted by Crippen LogP contribution is 2.32. The van der Waals surface area contributed by atoms with E-state index in [4.69, 9.17) is 0 Å². The van der Waals surface area contributed by atoms with Crippen LogP contribution < -0.4 is 0 Å². The summed E-state index contributed by atoms with van der Waals surface area (Å²) in [5.41, 5.74) is 1.23. The second-order valence-corrected chi connectivity index (χ2v) is 4.44. The molecule has 1 N–H and O–H groups in total. The third-order valence-corrected chi connectivity index (χ3v) is 3.76. The quantitative estimate of drug-likeness (QED) is 0.784. The maximum atomic E-state index is 10.1. The minimum atomic E-state index is -0.255. The average molecular weight is 198 g/mol. The number of aliphatic hydroxyl groups excluding tert-OH is 1. The van der Waals surface area contributed by atoms with E-state index in [1.807, 2.05) is 0 Å². The molecule has 1 heterocycles. The Bertz CT molecular complexity index is 250. The first-order chi connectivity index (χ1) is 6.20. The van der Waals surface area contributed by atoms with Gasteiger partial charge in [0.2, 0.25) is 0 Å². The molecule has 0 fully saturated rings. The van der Waals surface area contributed by atoms with Crippen LogP contribution in [0.3, 0.4) is 0 Å². The van der Waals surface area contributed by atoms with E-state index in [2.05, 4.69) is 32.2 Å². The van der Waals surface area contributed by atoms with E-state index < -0.39 is 0 Å². The lowest BCUT2D eigenvalue weighted by atomic mass is 9.94. The van der Waals surface area contributed by atoms with E-state index in [-0.39, 0.29) is 6.10 Å². The lowest BCUT2D eigenvalue weighted by Crippen LogP contribution is -2.10. The minimum Gasteiger partial charge on any atom is -0.387 e. The maximum absolute atomic E-state index is 10.1. The highest BCUT2D eigenvalue weighted by molar-refractivity contribution is 7.10. The van der Waals surface area contributed by atoms with Crippen molar-refractivity contribution >= 4 is 11.3 Å². The van der Waals surface area contributed by atoms with Crippen molar-refractivity contribution in [2.45, 2.75) is 39.7 Å². The summed E-state index contributed by atoms with van der Waals surface area (Å²) >= 11 is 1.67. The molecule has 2 heteroatoms. The molecule has 0 aliphatic rings. The summed E-state index contributed by atoms with van der Waals surface area (Å²) in [4.78, 5) is 1.15. The molecule has 1 aromatic heterocycles. The van der Waals surface area contributed by atoms with E-state index in [1.54, 1.807) is 11.3 Å². The maximum Gasteiger partial charge on any atom is 0.0912 e. The molecule has 0 aliphatic carbocycles. The molecule has 0 saturated heterocycles. The van der Waals surface area contributed by atoms with Crippen molar-refractivity contribution in [1.82, 2.24) is 0 Å². The first kappa shape index (κ1) is 10.7. The van der Waals surface area contributed by atoms with E-state index in [9.17, 15) is 5.11 Å². The van der Waals surface area contributed by atoms with Gasteiger partial charge < -0.3 is 5.11 Å². The number of aliphatic hydroxyl groups is 1. The smallest absolute Gasteiger partial charge is 0.0912 e. The normalized spacial score (nSPS) is 13.6. The monoisotopic (exact) mass is 198 g/mol. The molecule has 1 rings (SSSR count). The molecular weight excluding hydrogens is 180 g/mol. The fraction of sp³-hybridized carbons (Fsp3) is 0.636. The lowest BCUT2D eigenvalue weighted by molar-refractivity contribution is 0.106. The molecule has 1 aromatic rings. The van der Waals surface area contributed by atoms with Crippen LogP contribution in [0.25, 0.3) is 0 Å². The Morgan fingerprint density at radius 2 is 2.00 bits per heavy atom. The molecule has 0 amide bonds. The zero-order chi connectivity index (χ0) is 9.84. The van der Waals surface area contributed by atoms with Crippen LogP contribution in [0.4, 0.5) is 0 Å². The van der Waals surface area contributed by atoms with Gasteiger partial charge in [0, 0.05) is 4.88 Å². The van der Waals surface area contributed by atoms with Crippen LogP contribution >= 0.6 is 11.3 Å². The highest BCUT2D eigenvalue weighted by atomic mass is 32.1. The van der Waals surface area contributed by atoms with Gasteiger partial charge in [-0.3, -0.25) is 0 Å². The molecule has 1 atom stereocenters. The number of hydrogen-bond donors (Lipinski definition) is 1. The third-order valence-electron chi connectivity index (χ3n) is 2.67. The topological polar surface area (TPSA) is 20.2 Å². The Labute approximate surface area is 84.4 Å². The van der Waals surface area contributed by atoms with Crippen LogP contribution in [-0.4, -0.2) is 5.11 Å². The van der Waals surface area contributed by atoms with Gasteiger partial charge >= 0.3 is 0 Å². The predicted octanol–water partition coefficient (Wildman–Crippen LogP) is 3.53. The summed E-state index contributed by atoms with van der Waals surface area (Å²) in [6.07, 6.45) is 1.85. The van der Waals surface area contributed by atoms with Crippen molar-refractivity contribution in [3.63, 3.8) is 0 Å². The molecule has 1 unspecified atom stereocenters. The van der Waals surface area contributed by atoms with Crippen molar-refractivity contribution in [3.05, 3.63) is 21.9 Å². The van der Waals surface area contributed by atoms with Crippen LogP contribution in [0, 0.1) is 12.8 Å². The van der Waals surface area contributed by atoms with Crippen LogP contribution in [-0.2, 0) is 0 Å². The highest BCUT2D eigenvalue weighted by Gasteiger charge is 2.19. The summed E-state index contributed by atoms with van der Waals surface area (Å²) in [5.74, 6) is 0.414. The predicted molar refractivity (Wildman–Crippen MR) is 58.1 cm³/mol. The zero-order valence-corrected chi connectivity index (χ0v) is 9.40. The Hall–Kier alpha value is -0.340. The van der Waals surface area contributed by atoms with E-state index in [1.165, 1.54) is 5.56 Å². The molecule has 0 spiro atoms. The van der Waals surface area contributed by atoms with Gasteiger partial charge in [-0.1, -0.05) is 26.7 Å². The van der Waals surface area contributed by atoms with Crippen molar-refractivity contribution in [3.8, 4) is 0 Å². The minimum absolute atomic E-state index is 0.255. The van der Waals surface area contributed by atoms with Crippen molar-refractivity contribution in [2.24, 2.45) is 5.92 Å². The fourth-order valence-electron chi connectivity index (χ4n) is 1.64. The number of thiophene rings is 1. The summed E-state index contributed by atoms with van der Waals surface area (Å²) in [7, 11) is 0. The first-order valence-electron chi connectivity index (χ1n) is 4.92.